The number of nitrogens with two attached hydrogens (primary N) is 1. The van der Waals surface area contributed by atoms with Crippen LogP contribution in [-0.4, -0.2) is 81.8 Å². The van der Waals surface area contributed by atoms with Crippen LogP contribution >= 0.6 is 0 Å². The summed E-state index contributed by atoms with van der Waals surface area (Å²) in [7, 11) is 10.6. The minimum Gasteiger partial charge on any atom is -0.368 e. The normalized spacial score (nSPS) is 10.0. The summed E-state index contributed by atoms with van der Waals surface area (Å²) in [6, 6.07) is 0. The topological polar surface area (TPSA) is 113 Å². The number of rotatable bonds is 12. The standard InChI is InChI=1S/C14H24B2N4O4/c1-2-3-5-19(13(23)7-15)10-12(22)18-4-6-20(9-11(17)21)14(24)8-16/h2-10H2,1H3,(H2,17,21)(H,18,22). The maximum absolute atomic E-state index is 11.9. The molecule has 0 unspecified atom stereocenters. The molecule has 0 aliphatic carbocycles. The van der Waals surface area contributed by atoms with E-state index >= 15 is 0 Å². The SMILES string of the molecule is [B]CC(=O)N(CCNC(=O)CN(CCCC)C(=O)C[B])CC(N)=O. The Morgan fingerprint density at radius 2 is 1.50 bits per heavy atom. The highest BCUT2D eigenvalue weighted by molar-refractivity contribution is 6.20. The zero-order valence-electron chi connectivity index (χ0n) is 14.1. The first kappa shape index (κ1) is 22.0. The molecule has 24 heavy (non-hydrogen) atoms. The predicted octanol–water partition coefficient (Wildman–Crippen LogP) is -1.78. The lowest BCUT2D eigenvalue weighted by atomic mass is 10.0. The first-order valence-electron chi connectivity index (χ1n) is 7.86. The largest absolute Gasteiger partial charge is 0.368 e. The van der Waals surface area contributed by atoms with Crippen LogP contribution in [0.4, 0.5) is 0 Å². The van der Waals surface area contributed by atoms with Crippen molar-refractivity contribution in [3.05, 3.63) is 0 Å². The number of carbonyl (C=O) groups excluding carboxylic acids is 4. The number of nitrogens with zero attached hydrogens (tertiary/aromatic N) is 2. The van der Waals surface area contributed by atoms with Crippen molar-refractivity contribution in [1.29, 1.82) is 0 Å². The number of unbranched alkanes of at least 4 members (excludes halogenated alkanes) is 1. The summed E-state index contributed by atoms with van der Waals surface area (Å²) in [4.78, 5) is 48.7. The molecular formula is C14H24B2N4O4. The van der Waals surface area contributed by atoms with Crippen LogP contribution in [0.1, 0.15) is 19.8 Å². The van der Waals surface area contributed by atoms with Gasteiger partial charge in [0.1, 0.15) is 0 Å². The van der Waals surface area contributed by atoms with Crippen LogP contribution in [0.15, 0.2) is 0 Å². The molecule has 0 saturated heterocycles. The minimum atomic E-state index is -0.664. The lowest BCUT2D eigenvalue weighted by Crippen LogP contribution is -2.45. The maximum Gasteiger partial charge on any atom is 0.239 e. The molecule has 3 N–H and O–H groups in total. The van der Waals surface area contributed by atoms with E-state index in [1.165, 1.54) is 9.80 Å². The summed E-state index contributed by atoms with van der Waals surface area (Å²) in [6.45, 7) is 2.30. The molecule has 0 aromatic heterocycles. The fourth-order valence-electron chi connectivity index (χ4n) is 1.94. The first-order chi connectivity index (χ1) is 11.3. The summed E-state index contributed by atoms with van der Waals surface area (Å²) in [5.41, 5.74) is 5.06. The summed E-state index contributed by atoms with van der Waals surface area (Å²) < 4.78 is 0. The van der Waals surface area contributed by atoms with E-state index in [-0.39, 0.29) is 50.6 Å². The van der Waals surface area contributed by atoms with Gasteiger partial charge in [0.25, 0.3) is 0 Å². The third-order valence-corrected chi connectivity index (χ3v) is 3.22. The molecule has 0 fully saturated rings. The molecule has 0 aromatic carbocycles. The van der Waals surface area contributed by atoms with Crippen molar-refractivity contribution < 1.29 is 19.2 Å². The Kier molecular flexibility index (Phi) is 11.4. The quantitative estimate of drug-likeness (QED) is 0.411. The number of primary amides is 1. The van der Waals surface area contributed by atoms with E-state index in [9.17, 15) is 19.2 Å². The molecule has 0 aromatic rings. The first-order valence-corrected chi connectivity index (χ1v) is 7.86. The monoisotopic (exact) mass is 334 g/mol. The summed E-state index contributed by atoms with van der Waals surface area (Å²) in [5.74, 6) is -1.77. The number of nitrogens with one attached hydrogen (secondary N) is 1. The van der Waals surface area contributed by atoms with Crippen molar-refractivity contribution in [1.82, 2.24) is 15.1 Å². The molecule has 0 spiro atoms. The van der Waals surface area contributed by atoms with E-state index in [4.69, 9.17) is 21.4 Å². The molecule has 0 aliphatic rings. The van der Waals surface area contributed by atoms with Gasteiger partial charge in [0.05, 0.1) is 28.8 Å². The Balaban J connectivity index is 4.40. The zero-order chi connectivity index (χ0) is 18.5. The lowest BCUT2D eigenvalue weighted by molar-refractivity contribution is -0.135. The smallest absolute Gasteiger partial charge is 0.239 e. The molecule has 4 radical (unpaired) electrons. The minimum absolute atomic E-state index is 0.101. The molecule has 0 heterocycles. The van der Waals surface area contributed by atoms with Crippen molar-refractivity contribution in [2.45, 2.75) is 32.4 Å². The number of carbonyl (C=O) groups is 4. The highest BCUT2D eigenvalue weighted by Crippen LogP contribution is 1.98. The van der Waals surface area contributed by atoms with E-state index in [0.29, 0.717) is 6.54 Å². The second-order valence-electron chi connectivity index (χ2n) is 5.21. The fourth-order valence-corrected chi connectivity index (χ4v) is 1.94. The lowest BCUT2D eigenvalue weighted by Gasteiger charge is -2.23. The van der Waals surface area contributed by atoms with Crippen LogP contribution < -0.4 is 11.1 Å². The predicted molar refractivity (Wildman–Crippen MR) is 91.4 cm³/mol. The van der Waals surface area contributed by atoms with E-state index in [2.05, 4.69) is 5.32 Å². The Labute approximate surface area is 145 Å². The van der Waals surface area contributed by atoms with Crippen LogP contribution in [0, 0.1) is 0 Å². The van der Waals surface area contributed by atoms with Crippen LogP contribution in [0.25, 0.3) is 0 Å². The molecule has 10 heteroatoms. The van der Waals surface area contributed by atoms with Gasteiger partial charge >= 0.3 is 0 Å². The van der Waals surface area contributed by atoms with Gasteiger partial charge in [0.15, 0.2) is 0 Å². The third kappa shape index (κ3) is 9.22. The highest BCUT2D eigenvalue weighted by atomic mass is 16.2. The number of amides is 4. The summed E-state index contributed by atoms with van der Waals surface area (Å²) >= 11 is 0. The van der Waals surface area contributed by atoms with Crippen LogP contribution in [-0.2, 0) is 19.2 Å². The Morgan fingerprint density at radius 1 is 0.958 bits per heavy atom. The van der Waals surface area contributed by atoms with Gasteiger partial charge in [0.2, 0.25) is 23.6 Å². The van der Waals surface area contributed by atoms with E-state index in [0.717, 1.165) is 12.8 Å². The summed E-state index contributed by atoms with van der Waals surface area (Å²) in [6.07, 6.45) is 1.25. The van der Waals surface area contributed by atoms with Crippen molar-refractivity contribution in [3.8, 4) is 0 Å². The maximum atomic E-state index is 11.9. The van der Waals surface area contributed by atoms with E-state index < -0.39 is 11.8 Å². The molecule has 0 saturated carbocycles. The van der Waals surface area contributed by atoms with Gasteiger partial charge in [-0.25, -0.2) is 0 Å². The molecule has 8 nitrogen and oxygen atoms in total. The van der Waals surface area contributed by atoms with Gasteiger partial charge in [-0.1, -0.05) is 13.3 Å². The number of hydrogen-bond donors (Lipinski definition) is 2. The van der Waals surface area contributed by atoms with Crippen molar-refractivity contribution >= 4 is 39.3 Å². The van der Waals surface area contributed by atoms with Crippen LogP contribution in [0.5, 0.6) is 0 Å². The van der Waals surface area contributed by atoms with E-state index in [1.807, 2.05) is 6.92 Å². The third-order valence-electron chi connectivity index (χ3n) is 3.22. The van der Waals surface area contributed by atoms with Gasteiger partial charge in [-0.15, -0.1) is 0 Å². The highest BCUT2D eigenvalue weighted by Gasteiger charge is 2.16. The van der Waals surface area contributed by atoms with Gasteiger partial charge in [-0.2, -0.15) is 0 Å². The van der Waals surface area contributed by atoms with Gasteiger partial charge < -0.3 is 20.9 Å². The molecule has 130 valence electrons. The van der Waals surface area contributed by atoms with Gasteiger partial charge in [-0.3, -0.25) is 19.2 Å². The molecule has 4 amide bonds. The molecular weight excluding hydrogens is 310 g/mol. The van der Waals surface area contributed by atoms with Gasteiger partial charge in [-0.05, 0) is 19.1 Å². The van der Waals surface area contributed by atoms with Crippen molar-refractivity contribution in [2.24, 2.45) is 5.73 Å². The van der Waals surface area contributed by atoms with Crippen LogP contribution in [0.2, 0.25) is 12.6 Å². The van der Waals surface area contributed by atoms with Crippen molar-refractivity contribution in [2.75, 3.05) is 32.7 Å². The Morgan fingerprint density at radius 3 is 1.96 bits per heavy atom. The second-order valence-corrected chi connectivity index (χ2v) is 5.21. The average Bonchev–Trinajstić information content (AvgIpc) is 2.55. The van der Waals surface area contributed by atoms with Crippen molar-refractivity contribution in [3.63, 3.8) is 0 Å². The Bertz CT molecular complexity index is 448. The second kappa shape index (κ2) is 12.4. The zero-order valence-corrected chi connectivity index (χ0v) is 14.1. The Hall–Kier alpha value is -1.99. The molecule has 0 aliphatic heterocycles. The van der Waals surface area contributed by atoms with Crippen LogP contribution in [0.3, 0.4) is 0 Å². The molecule has 0 bridgehead atoms. The molecule has 0 rings (SSSR count). The number of hydrogen-bond acceptors (Lipinski definition) is 4. The molecule has 0 atom stereocenters. The average molecular weight is 334 g/mol. The summed E-state index contributed by atoms with van der Waals surface area (Å²) in [5, 5.41) is 2.59. The van der Waals surface area contributed by atoms with E-state index in [1.54, 1.807) is 0 Å². The fraction of sp³-hybridized carbons (Fsp3) is 0.714. The van der Waals surface area contributed by atoms with Gasteiger partial charge in [0, 0.05) is 19.6 Å².